The van der Waals surface area contributed by atoms with Gasteiger partial charge in [0.25, 0.3) is 11.8 Å². The molecule has 1 aliphatic carbocycles. The smallest absolute Gasteiger partial charge is 0.258 e. The number of aromatic nitrogens is 1. The quantitative estimate of drug-likeness (QED) is 0.801. The lowest BCUT2D eigenvalue weighted by molar-refractivity contribution is -0.124. The highest BCUT2D eigenvalue weighted by Gasteiger charge is 2.28. The van der Waals surface area contributed by atoms with Crippen LogP contribution in [0.5, 0.6) is 5.88 Å². The van der Waals surface area contributed by atoms with E-state index in [1.54, 1.807) is 13.0 Å². The Balaban J connectivity index is 1.71. The molecule has 20 heavy (non-hydrogen) atoms. The molecule has 1 aliphatic rings. The minimum absolute atomic E-state index is 0.123. The molecular weight excluding hydrogens is 260 g/mol. The summed E-state index contributed by atoms with van der Waals surface area (Å²) in [6, 6.07) is 1.62. The fourth-order valence-electron chi connectivity index (χ4n) is 2.43. The predicted octanol–water partition coefficient (Wildman–Crippen LogP) is 1.56. The summed E-state index contributed by atoms with van der Waals surface area (Å²) in [6.07, 6.45) is 5.84. The molecule has 1 aromatic heterocycles. The first-order chi connectivity index (χ1) is 9.57. The van der Waals surface area contributed by atoms with Crippen LogP contribution in [0.2, 0.25) is 0 Å². The molecule has 1 saturated carbocycles. The van der Waals surface area contributed by atoms with Crippen molar-refractivity contribution in [1.29, 1.82) is 0 Å². The number of nitrogens with one attached hydrogen (secondary N) is 1. The maximum atomic E-state index is 11.7. The van der Waals surface area contributed by atoms with Crippen molar-refractivity contribution in [2.75, 3.05) is 13.2 Å². The van der Waals surface area contributed by atoms with Crippen LogP contribution < -0.4 is 10.1 Å². The SMILES string of the molecule is Cc1cc(OCC(=O)NCC2(O)CCCCCC2)no1. The van der Waals surface area contributed by atoms with E-state index >= 15 is 0 Å². The van der Waals surface area contributed by atoms with Gasteiger partial charge in [-0.3, -0.25) is 4.79 Å². The Labute approximate surface area is 118 Å². The van der Waals surface area contributed by atoms with Crippen LogP contribution in [0, 0.1) is 6.92 Å². The van der Waals surface area contributed by atoms with E-state index in [9.17, 15) is 9.90 Å². The molecule has 1 fully saturated rings. The zero-order valence-corrected chi connectivity index (χ0v) is 11.9. The van der Waals surface area contributed by atoms with Crippen LogP contribution in [0.25, 0.3) is 0 Å². The number of nitrogens with zero attached hydrogens (tertiary/aromatic N) is 1. The molecule has 0 saturated heterocycles. The van der Waals surface area contributed by atoms with E-state index in [1.807, 2.05) is 0 Å². The van der Waals surface area contributed by atoms with Crippen LogP contribution in [-0.2, 0) is 4.79 Å². The lowest BCUT2D eigenvalue weighted by Gasteiger charge is -2.26. The van der Waals surface area contributed by atoms with Crippen molar-refractivity contribution >= 4 is 5.91 Å². The van der Waals surface area contributed by atoms with Crippen LogP contribution in [0.4, 0.5) is 0 Å². The number of ether oxygens (including phenoxy) is 1. The number of rotatable bonds is 5. The van der Waals surface area contributed by atoms with Crippen LogP contribution in [0.15, 0.2) is 10.6 Å². The second kappa shape index (κ2) is 6.74. The molecule has 0 radical (unpaired) electrons. The number of aryl methyl sites for hydroxylation is 1. The van der Waals surface area contributed by atoms with E-state index in [4.69, 9.17) is 9.26 Å². The predicted molar refractivity (Wildman–Crippen MR) is 72.4 cm³/mol. The summed E-state index contributed by atoms with van der Waals surface area (Å²) < 4.78 is 10.0. The molecule has 0 atom stereocenters. The Hall–Kier alpha value is -1.56. The highest BCUT2D eigenvalue weighted by atomic mass is 16.5. The molecule has 1 aromatic rings. The third kappa shape index (κ3) is 4.52. The zero-order chi connectivity index (χ0) is 14.4. The molecular formula is C14H22N2O4. The number of hydrogen-bond acceptors (Lipinski definition) is 5. The molecule has 0 unspecified atom stereocenters. The zero-order valence-electron chi connectivity index (χ0n) is 11.9. The molecule has 0 spiro atoms. The first-order valence-corrected chi connectivity index (χ1v) is 7.13. The molecule has 2 rings (SSSR count). The summed E-state index contributed by atoms with van der Waals surface area (Å²) in [4.78, 5) is 11.7. The van der Waals surface area contributed by atoms with Gasteiger partial charge < -0.3 is 19.7 Å². The minimum Gasteiger partial charge on any atom is -0.465 e. The van der Waals surface area contributed by atoms with Gasteiger partial charge in [0.1, 0.15) is 5.76 Å². The Bertz CT molecular complexity index is 436. The molecule has 2 N–H and O–H groups in total. The van der Waals surface area contributed by atoms with Crippen molar-refractivity contribution in [1.82, 2.24) is 10.5 Å². The van der Waals surface area contributed by atoms with E-state index in [1.165, 1.54) is 0 Å². The van der Waals surface area contributed by atoms with E-state index in [0.29, 0.717) is 11.6 Å². The molecule has 0 bridgehead atoms. The van der Waals surface area contributed by atoms with Gasteiger partial charge in [0.2, 0.25) is 0 Å². The van der Waals surface area contributed by atoms with Gasteiger partial charge in [-0.15, -0.1) is 0 Å². The molecule has 6 nitrogen and oxygen atoms in total. The molecule has 0 aromatic carbocycles. The summed E-state index contributed by atoms with van der Waals surface area (Å²) in [7, 11) is 0. The summed E-state index contributed by atoms with van der Waals surface area (Å²) in [5, 5.41) is 16.8. The Morgan fingerprint density at radius 3 is 2.75 bits per heavy atom. The number of carbonyl (C=O) groups is 1. The van der Waals surface area contributed by atoms with Crippen LogP contribution >= 0.6 is 0 Å². The number of carbonyl (C=O) groups excluding carboxylic acids is 1. The van der Waals surface area contributed by atoms with Crippen LogP contribution in [0.3, 0.4) is 0 Å². The average Bonchev–Trinajstić information content (AvgIpc) is 2.71. The molecule has 1 amide bonds. The highest BCUT2D eigenvalue weighted by molar-refractivity contribution is 5.77. The third-order valence-corrected chi connectivity index (χ3v) is 3.61. The van der Waals surface area contributed by atoms with Gasteiger partial charge in [-0.1, -0.05) is 25.7 Å². The van der Waals surface area contributed by atoms with Gasteiger partial charge in [-0.2, -0.15) is 0 Å². The minimum atomic E-state index is -0.767. The number of hydrogen-bond donors (Lipinski definition) is 2. The van der Waals surface area contributed by atoms with Crippen LogP contribution in [0.1, 0.15) is 44.3 Å². The topological polar surface area (TPSA) is 84.6 Å². The number of aliphatic hydroxyl groups is 1. The normalized spacial score (nSPS) is 18.3. The Morgan fingerprint density at radius 1 is 1.45 bits per heavy atom. The van der Waals surface area contributed by atoms with Crippen LogP contribution in [-0.4, -0.2) is 34.9 Å². The van der Waals surface area contributed by atoms with Gasteiger partial charge in [-0.05, 0) is 24.9 Å². The standard InChI is InChI=1S/C14H22N2O4/c1-11-8-13(16-20-11)19-9-12(17)15-10-14(18)6-4-2-3-5-7-14/h8,18H,2-7,9-10H2,1H3,(H,15,17). The Morgan fingerprint density at radius 2 is 2.15 bits per heavy atom. The summed E-state index contributed by atoms with van der Waals surface area (Å²) in [6.45, 7) is 1.91. The van der Waals surface area contributed by atoms with Crippen molar-refractivity contribution in [3.05, 3.63) is 11.8 Å². The summed E-state index contributed by atoms with van der Waals surface area (Å²) in [5.41, 5.74) is -0.767. The van der Waals surface area contributed by atoms with Gasteiger partial charge in [0.15, 0.2) is 6.61 Å². The van der Waals surface area contributed by atoms with E-state index in [0.717, 1.165) is 38.5 Å². The second-order valence-electron chi connectivity index (χ2n) is 5.48. The Kier molecular flexibility index (Phi) is 5.00. The average molecular weight is 282 g/mol. The van der Waals surface area contributed by atoms with Crippen molar-refractivity contribution in [2.24, 2.45) is 0 Å². The first-order valence-electron chi connectivity index (χ1n) is 7.13. The van der Waals surface area contributed by atoms with Crippen molar-refractivity contribution in [3.63, 3.8) is 0 Å². The summed E-state index contributed by atoms with van der Waals surface area (Å²) in [5.74, 6) is 0.669. The molecule has 112 valence electrons. The van der Waals surface area contributed by atoms with Gasteiger partial charge in [-0.25, -0.2) is 0 Å². The van der Waals surface area contributed by atoms with Gasteiger partial charge >= 0.3 is 0 Å². The maximum Gasteiger partial charge on any atom is 0.258 e. The van der Waals surface area contributed by atoms with Crippen molar-refractivity contribution in [2.45, 2.75) is 51.0 Å². The van der Waals surface area contributed by atoms with Crippen molar-refractivity contribution < 1.29 is 19.2 Å². The van der Waals surface area contributed by atoms with Gasteiger partial charge in [0, 0.05) is 12.6 Å². The molecule has 0 aliphatic heterocycles. The fraction of sp³-hybridized carbons (Fsp3) is 0.714. The van der Waals surface area contributed by atoms with E-state index < -0.39 is 5.60 Å². The maximum absolute atomic E-state index is 11.7. The summed E-state index contributed by atoms with van der Waals surface area (Å²) >= 11 is 0. The third-order valence-electron chi connectivity index (χ3n) is 3.61. The number of amides is 1. The van der Waals surface area contributed by atoms with Gasteiger partial charge in [0.05, 0.1) is 5.60 Å². The second-order valence-corrected chi connectivity index (χ2v) is 5.48. The van der Waals surface area contributed by atoms with Crippen molar-refractivity contribution in [3.8, 4) is 5.88 Å². The molecule has 1 heterocycles. The largest absolute Gasteiger partial charge is 0.465 e. The lowest BCUT2D eigenvalue weighted by atomic mass is 9.94. The fourth-order valence-corrected chi connectivity index (χ4v) is 2.43. The monoisotopic (exact) mass is 282 g/mol. The van der Waals surface area contributed by atoms with E-state index in [-0.39, 0.29) is 19.1 Å². The lowest BCUT2D eigenvalue weighted by Crippen LogP contribution is -2.44. The van der Waals surface area contributed by atoms with E-state index in [2.05, 4.69) is 10.5 Å². The first kappa shape index (κ1) is 14.8. The highest BCUT2D eigenvalue weighted by Crippen LogP contribution is 2.26. The molecule has 6 heteroatoms.